The van der Waals surface area contributed by atoms with Crippen LogP contribution < -0.4 is 5.73 Å². The van der Waals surface area contributed by atoms with Crippen molar-refractivity contribution in [3.63, 3.8) is 0 Å². The highest BCUT2D eigenvalue weighted by Gasteiger charge is 2.33. The van der Waals surface area contributed by atoms with Crippen LogP contribution in [-0.2, 0) is 4.74 Å². The maximum absolute atomic E-state index is 6.04. The lowest BCUT2D eigenvalue weighted by atomic mass is 10.0. The van der Waals surface area contributed by atoms with Gasteiger partial charge in [-0.05, 0) is 37.4 Å². The average Bonchev–Trinajstić information content (AvgIpc) is 2.66. The quantitative estimate of drug-likeness (QED) is 0.754. The molecule has 1 heterocycles. The van der Waals surface area contributed by atoms with E-state index >= 15 is 0 Å². The summed E-state index contributed by atoms with van der Waals surface area (Å²) < 4.78 is 6.04. The molecule has 4 atom stereocenters. The Bertz CT molecular complexity index is 220. The van der Waals surface area contributed by atoms with E-state index in [-0.39, 0.29) is 6.23 Å². The van der Waals surface area contributed by atoms with Crippen molar-refractivity contribution in [1.82, 2.24) is 4.90 Å². The summed E-state index contributed by atoms with van der Waals surface area (Å²) in [5.41, 5.74) is 5.65. The van der Waals surface area contributed by atoms with Crippen molar-refractivity contribution >= 4 is 0 Å². The predicted molar refractivity (Wildman–Crippen MR) is 67.9 cm³/mol. The first-order valence-electron chi connectivity index (χ1n) is 6.36. The average molecular weight is 226 g/mol. The molecule has 0 amide bonds. The number of rotatable bonds is 6. The minimum Gasteiger partial charge on any atom is -0.355 e. The number of hydrogen-bond donors (Lipinski definition) is 1. The van der Waals surface area contributed by atoms with E-state index in [1.54, 1.807) is 0 Å². The molecular weight excluding hydrogens is 200 g/mol. The van der Waals surface area contributed by atoms with Gasteiger partial charge in [-0.15, -0.1) is 0 Å². The SMILES string of the molecule is C=CN(CC(C)CN)C1C[C@@H](C)C(CC)O1. The molecule has 3 nitrogen and oxygen atoms in total. The Kier molecular flexibility index (Phi) is 5.29. The molecule has 16 heavy (non-hydrogen) atoms. The van der Waals surface area contributed by atoms with Crippen molar-refractivity contribution in [2.75, 3.05) is 13.1 Å². The zero-order valence-electron chi connectivity index (χ0n) is 10.9. The third-order valence-electron chi connectivity index (χ3n) is 3.47. The van der Waals surface area contributed by atoms with E-state index in [4.69, 9.17) is 10.5 Å². The van der Waals surface area contributed by atoms with Crippen molar-refractivity contribution < 1.29 is 4.74 Å². The predicted octanol–water partition coefficient (Wildman–Crippen LogP) is 2.19. The second-order valence-corrected chi connectivity index (χ2v) is 4.97. The summed E-state index contributed by atoms with van der Waals surface area (Å²) in [6.07, 6.45) is 4.69. The van der Waals surface area contributed by atoms with E-state index in [1.807, 2.05) is 6.20 Å². The van der Waals surface area contributed by atoms with Crippen LogP contribution in [0, 0.1) is 11.8 Å². The Morgan fingerprint density at radius 2 is 2.31 bits per heavy atom. The van der Waals surface area contributed by atoms with Gasteiger partial charge in [-0.3, -0.25) is 0 Å². The van der Waals surface area contributed by atoms with E-state index in [2.05, 4.69) is 32.3 Å². The van der Waals surface area contributed by atoms with Crippen LogP contribution in [-0.4, -0.2) is 30.3 Å². The van der Waals surface area contributed by atoms with Crippen LogP contribution in [0.2, 0.25) is 0 Å². The van der Waals surface area contributed by atoms with Crippen molar-refractivity contribution in [1.29, 1.82) is 0 Å². The molecule has 0 spiro atoms. The maximum Gasteiger partial charge on any atom is 0.130 e. The molecule has 0 bridgehead atoms. The van der Waals surface area contributed by atoms with Crippen molar-refractivity contribution in [3.05, 3.63) is 12.8 Å². The van der Waals surface area contributed by atoms with E-state index in [0.29, 0.717) is 24.5 Å². The highest BCUT2D eigenvalue weighted by atomic mass is 16.5. The van der Waals surface area contributed by atoms with Crippen LogP contribution in [0.25, 0.3) is 0 Å². The van der Waals surface area contributed by atoms with Crippen molar-refractivity contribution in [3.8, 4) is 0 Å². The smallest absolute Gasteiger partial charge is 0.130 e. The van der Waals surface area contributed by atoms with Gasteiger partial charge in [-0.2, -0.15) is 0 Å². The molecule has 0 aliphatic carbocycles. The molecule has 1 aliphatic rings. The third-order valence-corrected chi connectivity index (χ3v) is 3.47. The molecule has 94 valence electrons. The summed E-state index contributed by atoms with van der Waals surface area (Å²) in [6.45, 7) is 12.1. The van der Waals surface area contributed by atoms with Gasteiger partial charge in [0.2, 0.25) is 0 Å². The first kappa shape index (κ1) is 13.5. The first-order valence-corrected chi connectivity index (χ1v) is 6.36. The van der Waals surface area contributed by atoms with Gasteiger partial charge < -0.3 is 15.4 Å². The number of hydrogen-bond acceptors (Lipinski definition) is 3. The van der Waals surface area contributed by atoms with Gasteiger partial charge in [0.25, 0.3) is 0 Å². The number of ether oxygens (including phenoxy) is 1. The molecule has 0 saturated carbocycles. The Labute approximate surface area is 99.6 Å². The molecule has 0 aromatic carbocycles. The van der Waals surface area contributed by atoms with Crippen molar-refractivity contribution in [2.45, 2.75) is 45.9 Å². The summed E-state index contributed by atoms with van der Waals surface area (Å²) in [5, 5.41) is 0. The van der Waals surface area contributed by atoms with Gasteiger partial charge in [0, 0.05) is 6.54 Å². The molecule has 0 radical (unpaired) electrons. The Morgan fingerprint density at radius 1 is 1.62 bits per heavy atom. The van der Waals surface area contributed by atoms with E-state index in [0.717, 1.165) is 19.4 Å². The highest BCUT2D eigenvalue weighted by Crippen LogP contribution is 2.30. The third kappa shape index (κ3) is 3.22. The summed E-state index contributed by atoms with van der Waals surface area (Å²) in [7, 11) is 0. The van der Waals surface area contributed by atoms with Crippen LogP contribution in [0.5, 0.6) is 0 Å². The van der Waals surface area contributed by atoms with E-state index in [9.17, 15) is 0 Å². The number of nitrogens with two attached hydrogens (primary N) is 1. The van der Waals surface area contributed by atoms with Crippen molar-refractivity contribution in [2.24, 2.45) is 17.6 Å². The van der Waals surface area contributed by atoms with Gasteiger partial charge in [-0.25, -0.2) is 0 Å². The van der Waals surface area contributed by atoms with E-state index < -0.39 is 0 Å². The standard InChI is InChI=1S/C13H26N2O/c1-5-12-11(4)7-13(16-12)15(6-2)9-10(3)8-14/h6,10-13H,2,5,7-9,14H2,1,3-4H3/t10?,11-,12?,13?/m1/s1. The minimum atomic E-state index is 0.200. The monoisotopic (exact) mass is 226 g/mol. The Balaban J connectivity index is 2.51. The molecule has 1 aliphatic heterocycles. The summed E-state index contributed by atoms with van der Waals surface area (Å²) >= 11 is 0. The highest BCUT2D eigenvalue weighted by molar-refractivity contribution is 4.84. The fourth-order valence-electron chi connectivity index (χ4n) is 2.32. The fraction of sp³-hybridized carbons (Fsp3) is 0.846. The van der Waals surface area contributed by atoms with Crippen LogP contribution in [0.1, 0.15) is 33.6 Å². The maximum atomic E-state index is 6.04. The van der Waals surface area contributed by atoms with Gasteiger partial charge in [0.15, 0.2) is 0 Å². The zero-order valence-corrected chi connectivity index (χ0v) is 10.9. The molecule has 3 heteroatoms. The van der Waals surface area contributed by atoms with Crippen LogP contribution in [0.15, 0.2) is 12.8 Å². The largest absolute Gasteiger partial charge is 0.355 e. The molecule has 1 saturated heterocycles. The normalized spacial score (nSPS) is 31.4. The molecule has 3 unspecified atom stereocenters. The minimum absolute atomic E-state index is 0.200. The van der Waals surface area contributed by atoms with E-state index in [1.165, 1.54) is 0 Å². The van der Waals surface area contributed by atoms with Gasteiger partial charge in [0.1, 0.15) is 6.23 Å². The van der Waals surface area contributed by atoms with Crippen LogP contribution in [0.4, 0.5) is 0 Å². The Morgan fingerprint density at radius 3 is 2.75 bits per heavy atom. The van der Waals surface area contributed by atoms with Gasteiger partial charge in [0.05, 0.1) is 6.10 Å². The zero-order chi connectivity index (χ0) is 12.1. The lowest BCUT2D eigenvalue weighted by molar-refractivity contribution is -0.0408. The summed E-state index contributed by atoms with van der Waals surface area (Å²) in [5.74, 6) is 1.13. The molecule has 0 aromatic heterocycles. The van der Waals surface area contributed by atoms with Gasteiger partial charge >= 0.3 is 0 Å². The summed E-state index contributed by atoms with van der Waals surface area (Å²) in [6, 6.07) is 0. The lowest BCUT2D eigenvalue weighted by Crippen LogP contribution is -2.36. The molecule has 0 aromatic rings. The second-order valence-electron chi connectivity index (χ2n) is 4.97. The van der Waals surface area contributed by atoms with Crippen LogP contribution in [0.3, 0.4) is 0 Å². The summed E-state index contributed by atoms with van der Waals surface area (Å²) in [4.78, 5) is 2.20. The molecule has 2 N–H and O–H groups in total. The first-order chi connectivity index (χ1) is 7.62. The molecule has 1 rings (SSSR count). The topological polar surface area (TPSA) is 38.5 Å². The van der Waals surface area contributed by atoms with Crippen LogP contribution >= 0.6 is 0 Å². The number of nitrogens with zero attached hydrogens (tertiary/aromatic N) is 1. The molecule has 1 fully saturated rings. The lowest BCUT2D eigenvalue weighted by Gasteiger charge is -2.29. The molecular formula is C13H26N2O. The van der Waals surface area contributed by atoms with Gasteiger partial charge in [-0.1, -0.05) is 27.4 Å². The Hall–Kier alpha value is -0.540. The second kappa shape index (κ2) is 6.26. The fourth-order valence-corrected chi connectivity index (χ4v) is 2.32.